The minimum Gasteiger partial charge on any atom is -0.522 e. The van der Waals surface area contributed by atoms with Gasteiger partial charge in [0.1, 0.15) is 0 Å². The van der Waals surface area contributed by atoms with E-state index in [4.69, 9.17) is 4.74 Å². The predicted octanol–water partition coefficient (Wildman–Crippen LogP) is -0.358. The van der Waals surface area contributed by atoms with E-state index in [1.165, 1.54) is 0 Å². The van der Waals surface area contributed by atoms with E-state index in [1.807, 2.05) is 0 Å². The zero-order valence-corrected chi connectivity index (χ0v) is 4.02. The third-order valence-corrected chi connectivity index (χ3v) is 0.735. The number of amides is 1. The van der Waals surface area contributed by atoms with Gasteiger partial charge in [0.15, 0.2) is 0 Å². The molecule has 3 nitrogen and oxygen atoms in total. The van der Waals surface area contributed by atoms with Gasteiger partial charge in [-0.25, -0.2) is 0 Å². The van der Waals surface area contributed by atoms with Crippen molar-refractivity contribution in [3.63, 3.8) is 0 Å². The number of nitrogens with one attached hydrogen (secondary N) is 1. The van der Waals surface area contributed by atoms with Crippen LogP contribution in [0.4, 0.5) is 0 Å². The van der Waals surface area contributed by atoms with Crippen molar-refractivity contribution in [1.29, 1.82) is 0 Å². The van der Waals surface area contributed by atoms with Crippen LogP contribution in [0.3, 0.4) is 0 Å². The van der Waals surface area contributed by atoms with Crippen LogP contribution in [0.2, 0.25) is 0 Å². The maximum atomic E-state index is 10.2. The minimum atomic E-state index is -0.0579. The highest BCUT2D eigenvalue weighted by molar-refractivity contribution is 5.80. The number of carbonyl (C=O) groups excluding carboxylic acids is 1. The van der Waals surface area contributed by atoms with E-state index in [9.17, 15) is 4.79 Å². The molecule has 0 unspecified atom stereocenters. The summed E-state index contributed by atoms with van der Waals surface area (Å²) in [5.41, 5.74) is 0. The Bertz CT molecular complexity index is 91.7. The van der Waals surface area contributed by atoms with Crippen LogP contribution in [0, 0.1) is 6.23 Å². The zero-order valence-electron chi connectivity index (χ0n) is 4.02. The van der Waals surface area contributed by atoms with Crippen molar-refractivity contribution in [3.8, 4) is 0 Å². The first-order chi connectivity index (χ1) is 3.29. The van der Waals surface area contributed by atoms with Gasteiger partial charge in [-0.1, -0.05) is 0 Å². The highest BCUT2D eigenvalue weighted by Crippen LogP contribution is 2.00. The lowest BCUT2D eigenvalue weighted by molar-refractivity contribution is -0.119. The summed E-state index contributed by atoms with van der Waals surface area (Å²) in [5.74, 6) is -0.0579. The molecule has 0 aromatic carbocycles. The van der Waals surface area contributed by atoms with E-state index in [0.717, 1.165) is 0 Å². The fourth-order valence-corrected chi connectivity index (χ4v) is 0.442. The molecule has 1 aliphatic rings. The van der Waals surface area contributed by atoms with Gasteiger partial charge in [0.05, 0.1) is 6.61 Å². The van der Waals surface area contributed by atoms with Gasteiger partial charge in [0.25, 0.3) is 0 Å². The van der Waals surface area contributed by atoms with Gasteiger partial charge in [0.2, 0.25) is 5.91 Å². The lowest BCUT2D eigenvalue weighted by Gasteiger charge is -2.13. The SMILES string of the molecule is C[C-]1NC(=O)CO1. The number of carbonyl (C=O) groups is 1. The summed E-state index contributed by atoms with van der Waals surface area (Å²) >= 11 is 0. The monoisotopic (exact) mass is 100 g/mol. The topological polar surface area (TPSA) is 38.3 Å². The maximum Gasteiger partial charge on any atom is 0.216 e. The summed E-state index contributed by atoms with van der Waals surface area (Å²) in [7, 11) is 0. The lowest BCUT2D eigenvalue weighted by Crippen LogP contribution is -2.16. The summed E-state index contributed by atoms with van der Waals surface area (Å²) in [6.45, 7) is 1.90. The fourth-order valence-electron chi connectivity index (χ4n) is 0.442. The highest BCUT2D eigenvalue weighted by atomic mass is 16.5. The molecule has 1 rings (SSSR count). The smallest absolute Gasteiger partial charge is 0.216 e. The van der Waals surface area contributed by atoms with Crippen molar-refractivity contribution in [2.75, 3.05) is 6.61 Å². The van der Waals surface area contributed by atoms with Crippen molar-refractivity contribution < 1.29 is 9.53 Å². The highest BCUT2D eigenvalue weighted by Gasteiger charge is 2.03. The van der Waals surface area contributed by atoms with E-state index in [0.29, 0.717) is 6.23 Å². The average Bonchev–Trinajstić information content (AvgIpc) is 1.87. The van der Waals surface area contributed by atoms with Gasteiger partial charge in [-0.2, -0.15) is 0 Å². The molecule has 40 valence electrons. The Morgan fingerprint density at radius 3 is 2.86 bits per heavy atom. The van der Waals surface area contributed by atoms with Gasteiger partial charge in [-0.3, -0.25) is 4.79 Å². The van der Waals surface area contributed by atoms with Crippen molar-refractivity contribution in [1.82, 2.24) is 5.32 Å². The zero-order chi connectivity index (χ0) is 5.28. The Morgan fingerprint density at radius 2 is 2.71 bits per heavy atom. The third kappa shape index (κ3) is 0.899. The minimum absolute atomic E-state index is 0.0579. The number of hydrogen-bond donors (Lipinski definition) is 1. The van der Waals surface area contributed by atoms with Crippen molar-refractivity contribution in [2.45, 2.75) is 6.92 Å². The average molecular weight is 100 g/mol. The van der Waals surface area contributed by atoms with Gasteiger partial charge in [-0.15, -0.1) is 13.2 Å². The molecule has 0 saturated carbocycles. The normalized spacial score (nSPS) is 22.7. The number of ether oxygens (including phenoxy) is 1. The van der Waals surface area contributed by atoms with E-state index in [-0.39, 0.29) is 12.5 Å². The molecular weight excluding hydrogens is 94.0 g/mol. The Labute approximate surface area is 41.7 Å². The predicted molar refractivity (Wildman–Crippen MR) is 23.0 cm³/mol. The molecule has 1 fully saturated rings. The fraction of sp³-hybridized carbons (Fsp3) is 0.500. The second-order valence-corrected chi connectivity index (χ2v) is 1.39. The second-order valence-electron chi connectivity index (χ2n) is 1.39. The molecule has 0 spiro atoms. The first-order valence-electron chi connectivity index (χ1n) is 2.05. The van der Waals surface area contributed by atoms with Crippen LogP contribution in [-0.2, 0) is 9.53 Å². The van der Waals surface area contributed by atoms with E-state index < -0.39 is 0 Å². The molecule has 1 aliphatic heterocycles. The van der Waals surface area contributed by atoms with Gasteiger partial charge < -0.3 is 10.1 Å². The number of rotatable bonds is 0. The maximum absolute atomic E-state index is 10.2. The van der Waals surface area contributed by atoms with Crippen LogP contribution >= 0.6 is 0 Å². The molecule has 1 amide bonds. The molecule has 3 heteroatoms. The first-order valence-corrected chi connectivity index (χ1v) is 2.05. The lowest BCUT2D eigenvalue weighted by atomic mass is 10.6. The largest absolute Gasteiger partial charge is 0.522 e. The molecular formula is C4H6NO2-. The Kier molecular flexibility index (Phi) is 0.982. The van der Waals surface area contributed by atoms with Gasteiger partial charge >= 0.3 is 0 Å². The van der Waals surface area contributed by atoms with Crippen LogP contribution in [-0.4, -0.2) is 12.5 Å². The van der Waals surface area contributed by atoms with E-state index in [2.05, 4.69) is 5.32 Å². The molecule has 1 saturated heterocycles. The van der Waals surface area contributed by atoms with Crippen LogP contribution < -0.4 is 5.32 Å². The van der Waals surface area contributed by atoms with Crippen molar-refractivity contribution in [2.24, 2.45) is 0 Å². The third-order valence-electron chi connectivity index (χ3n) is 0.735. The molecule has 0 aromatic heterocycles. The van der Waals surface area contributed by atoms with E-state index in [1.54, 1.807) is 6.92 Å². The Morgan fingerprint density at radius 1 is 2.00 bits per heavy atom. The standard InChI is InChI=1S/C4H6NO2/c1-3-5-4(6)2-7-3/h2H2,1H3,(H,5,6)/q-1. The number of hydrogen-bond acceptors (Lipinski definition) is 2. The molecule has 1 heterocycles. The van der Waals surface area contributed by atoms with Crippen LogP contribution in [0.1, 0.15) is 6.92 Å². The van der Waals surface area contributed by atoms with Crippen LogP contribution in [0.5, 0.6) is 0 Å². The van der Waals surface area contributed by atoms with Crippen LogP contribution in [0.15, 0.2) is 0 Å². The first kappa shape index (κ1) is 4.59. The van der Waals surface area contributed by atoms with Crippen molar-refractivity contribution in [3.05, 3.63) is 6.23 Å². The Balaban J connectivity index is 2.40. The molecule has 0 aliphatic carbocycles. The second kappa shape index (κ2) is 1.50. The molecule has 0 aromatic rings. The van der Waals surface area contributed by atoms with Gasteiger partial charge in [-0.05, 0) is 0 Å². The van der Waals surface area contributed by atoms with E-state index >= 15 is 0 Å². The Hall–Kier alpha value is -0.570. The summed E-state index contributed by atoms with van der Waals surface area (Å²) in [6.07, 6.45) is 0.602. The molecule has 0 radical (unpaired) electrons. The summed E-state index contributed by atoms with van der Waals surface area (Å²) in [4.78, 5) is 10.2. The molecule has 7 heavy (non-hydrogen) atoms. The van der Waals surface area contributed by atoms with Crippen molar-refractivity contribution >= 4 is 5.91 Å². The molecule has 0 bridgehead atoms. The van der Waals surface area contributed by atoms with Gasteiger partial charge in [0, 0.05) is 0 Å². The summed E-state index contributed by atoms with van der Waals surface area (Å²) in [5, 5.41) is 2.47. The molecule has 1 N–H and O–H groups in total. The van der Waals surface area contributed by atoms with Crippen LogP contribution in [0.25, 0.3) is 0 Å². The quantitative estimate of drug-likeness (QED) is 0.422. The summed E-state index contributed by atoms with van der Waals surface area (Å²) < 4.78 is 4.72. The molecule has 0 atom stereocenters. The summed E-state index contributed by atoms with van der Waals surface area (Å²) in [6, 6.07) is 0.